The van der Waals surface area contributed by atoms with Crippen molar-refractivity contribution in [1.29, 1.82) is 5.26 Å². The maximum Gasteiger partial charge on any atom is 0.328 e. The molecular weight excluding hydrogens is 204 g/mol. The molecule has 0 fully saturated rings. The molecule has 1 N–H and O–H groups in total. The highest BCUT2D eigenvalue weighted by molar-refractivity contribution is 5.85. The quantitative estimate of drug-likeness (QED) is 0.757. The average molecular weight is 209 g/mol. The lowest BCUT2D eigenvalue weighted by atomic mass is 10.1. The Labute approximate surface area is 83.9 Å². The zero-order valence-corrected chi connectivity index (χ0v) is 7.37. The summed E-state index contributed by atoms with van der Waals surface area (Å²) < 4.78 is 26.1. The SMILES string of the molecule is N#Cc1c(F)ccc(F)c1/C=C/C(=O)O. The summed E-state index contributed by atoms with van der Waals surface area (Å²) in [7, 11) is 0. The molecule has 0 aliphatic heterocycles. The molecular formula is C10H5F2NO2. The molecule has 0 saturated carbocycles. The van der Waals surface area contributed by atoms with Gasteiger partial charge in [-0.3, -0.25) is 0 Å². The Balaban J connectivity index is 3.33. The second-order valence-corrected chi connectivity index (χ2v) is 2.60. The van der Waals surface area contributed by atoms with E-state index in [2.05, 4.69) is 0 Å². The summed E-state index contributed by atoms with van der Waals surface area (Å²) in [5, 5.41) is 16.9. The van der Waals surface area contributed by atoms with Crippen molar-refractivity contribution in [3.8, 4) is 6.07 Å². The highest BCUT2D eigenvalue weighted by atomic mass is 19.1. The van der Waals surface area contributed by atoms with Crippen LogP contribution in [0, 0.1) is 23.0 Å². The average Bonchev–Trinajstić information content (AvgIpc) is 2.19. The fourth-order valence-electron chi connectivity index (χ4n) is 0.999. The Kier molecular flexibility index (Phi) is 3.13. The summed E-state index contributed by atoms with van der Waals surface area (Å²) in [6, 6.07) is 3.11. The number of hydrogen-bond donors (Lipinski definition) is 1. The molecule has 1 aromatic carbocycles. The van der Waals surface area contributed by atoms with Gasteiger partial charge < -0.3 is 5.11 Å². The minimum absolute atomic E-state index is 0.361. The molecule has 1 aromatic rings. The van der Waals surface area contributed by atoms with Gasteiger partial charge in [-0.15, -0.1) is 0 Å². The van der Waals surface area contributed by atoms with Crippen LogP contribution in [0.2, 0.25) is 0 Å². The van der Waals surface area contributed by atoms with Crippen LogP contribution in [-0.2, 0) is 4.79 Å². The van der Waals surface area contributed by atoms with E-state index in [4.69, 9.17) is 10.4 Å². The molecule has 0 radical (unpaired) electrons. The Morgan fingerprint density at radius 1 is 1.40 bits per heavy atom. The lowest BCUT2D eigenvalue weighted by Gasteiger charge is -2.00. The number of carboxylic acids is 1. The molecule has 76 valence electrons. The first kappa shape index (κ1) is 10.9. The number of halogens is 2. The van der Waals surface area contributed by atoms with Crippen molar-refractivity contribution in [1.82, 2.24) is 0 Å². The monoisotopic (exact) mass is 209 g/mol. The van der Waals surface area contributed by atoms with E-state index in [1.54, 1.807) is 0 Å². The molecule has 0 unspecified atom stereocenters. The van der Waals surface area contributed by atoms with Crippen molar-refractivity contribution < 1.29 is 18.7 Å². The Hall–Kier alpha value is -2.22. The van der Waals surface area contributed by atoms with Crippen LogP contribution in [-0.4, -0.2) is 11.1 Å². The second kappa shape index (κ2) is 4.33. The lowest BCUT2D eigenvalue weighted by Crippen LogP contribution is -1.94. The Bertz CT molecular complexity index is 475. The van der Waals surface area contributed by atoms with E-state index >= 15 is 0 Å². The van der Waals surface area contributed by atoms with Gasteiger partial charge in [-0.25, -0.2) is 13.6 Å². The van der Waals surface area contributed by atoms with Crippen LogP contribution < -0.4 is 0 Å². The summed E-state index contributed by atoms with van der Waals surface area (Å²) in [6.45, 7) is 0. The molecule has 0 aliphatic carbocycles. The lowest BCUT2D eigenvalue weighted by molar-refractivity contribution is -0.131. The maximum absolute atomic E-state index is 13.1. The molecule has 0 bridgehead atoms. The first-order valence-electron chi connectivity index (χ1n) is 3.85. The fraction of sp³-hybridized carbons (Fsp3) is 0. The van der Waals surface area contributed by atoms with E-state index in [1.807, 2.05) is 0 Å². The second-order valence-electron chi connectivity index (χ2n) is 2.60. The molecule has 0 saturated heterocycles. The molecule has 5 heteroatoms. The van der Waals surface area contributed by atoms with Gasteiger partial charge in [0.1, 0.15) is 17.7 Å². The van der Waals surface area contributed by atoms with E-state index < -0.39 is 23.2 Å². The van der Waals surface area contributed by atoms with Gasteiger partial charge >= 0.3 is 5.97 Å². The van der Waals surface area contributed by atoms with E-state index in [1.165, 1.54) is 6.07 Å². The summed E-state index contributed by atoms with van der Waals surface area (Å²) in [5.74, 6) is -3.03. The van der Waals surface area contributed by atoms with E-state index in [9.17, 15) is 13.6 Å². The third kappa shape index (κ3) is 2.38. The van der Waals surface area contributed by atoms with Crippen LogP contribution in [0.5, 0.6) is 0 Å². The highest BCUT2D eigenvalue weighted by Crippen LogP contribution is 2.18. The van der Waals surface area contributed by atoms with Gasteiger partial charge in [0.2, 0.25) is 0 Å². The Morgan fingerprint density at radius 2 is 2.00 bits per heavy atom. The third-order valence-electron chi connectivity index (χ3n) is 1.65. The first-order valence-corrected chi connectivity index (χ1v) is 3.85. The zero-order chi connectivity index (χ0) is 11.4. The molecule has 0 amide bonds. The van der Waals surface area contributed by atoms with Crippen LogP contribution in [0.1, 0.15) is 11.1 Å². The van der Waals surface area contributed by atoms with Crippen LogP contribution in [0.15, 0.2) is 18.2 Å². The number of nitrogens with zero attached hydrogens (tertiary/aromatic N) is 1. The van der Waals surface area contributed by atoms with Crippen LogP contribution in [0.3, 0.4) is 0 Å². The van der Waals surface area contributed by atoms with Gasteiger partial charge in [0.25, 0.3) is 0 Å². The largest absolute Gasteiger partial charge is 0.478 e. The minimum Gasteiger partial charge on any atom is -0.478 e. The number of aliphatic carboxylic acids is 1. The van der Waals surface area contributed by atoms with Gasteiger partial charge in [-0.2, -0.15) is 5.26 Å². The summed E-state index contributed by atoms with van der Waals surface area (Å²) in [5.41, 5.74) is -0.868. The Morgan fingerprint density at radius 3 is 2.53 bits per heavy atom. The molecule has 3 nitrogen and oxygen atoms in total. The molecule has 0 heterocycles. The molecule has 15 heavy (non-hydrogen) atoms. The van der Waals surface area contributed by atoms with Crippen molar-refractivity contribution in [2.45, 2.75) is 0 Å². The van der Waals surface area contributed by atoms with Crippen molar-refractivity contribution in [3.63, 3.8) is 0 Å². The smallest absolute Gasteiger partial charge is 0.328 e. The molecule has 0 aliphatic rings. The topological polar surface area (TPSA) is 61.1 Å². The van der Waals surface area contributed by atoms with Gasteiger partial charge in [0.15, 0.2) is 0 Å². The van der Waals surface area contributed by atoms with Crippen molar-refractivity contribution in [2.75, 3.05) is 0 Å². The van der Waals surface area contributed by atoms with Crippen LogP contribution >= 0.6 is 0 Å². The van der Waals surface area contributed by atoms with Gasteiger partial charge in [0, 0.05) is 11.6 Å². The third-order valence-corrected chi connectivity index (χ3v) is 1.65. The van der Waals surface area contributed by atoms with Crippen molar-refractivity contribution >= 4 is 12.0 Å². The zero-order valence-electron chi connectivity index (χ0n) is 7.37. The van der Waals surface area contributed by atoms with Gasteiger partial charge in [-0.1, -0.05) is 0 Å². The van der Waals surface area contributed by atoms with Crippen molar-refractivity contribution in [3.05, 3.63) is 41.0 Å². The molecule has 0 atom stereocenters. The number of carboxylic acid groups (broad SMARTS) is 1. The fourth-order valence-corrected chi connectivity index (χ4v) is 0.999. The standard InChI is InChI=1S/C10H5F2NO2/c11-8-2-3-9(12)7(5-13)6(8)1-4-10(14)15/h1-4H,(H,14,15)/b4-1+. The maximum atomic E-state index is 13.1. The summed E-state index contributed by atoms with van der Waals surface area (Å²) in [4.78, 5) is 10.2. The first-order chi connectivity index (χ1) is 7.06. The van der Waals surface area contributed by atoms with Crippen LogP contribution in [0.25, 0.3) is 6.08 Å². The van der Waals surface area contributed by atoms with Gasteiger partial charge in [0.05, 0.1) is 5.56 Å². The summed E-state index contributed by atoms with van der Waals surface area (Å²) in [6.07, 6.45) is 1.48. The highest BCUT2D eigenvalue weighted by Gasteiger charge is 2.11. The molecule has 1 rings (SSSR count). The van der Waals surface area contributed by atoms with Crippen LogP contribution in [0.4, 0.5) is 8.78 Å². The molecule has 0 aromatic heterocycles. The normalized spacial score (nSPS) is 10.2. The predicted molar refractivity (Wildman–Crippen MR) is 47.7 cm³/mol. The van der Waals surface area contributed by atoms with Crippen molar-refractivity contribution in [2.24, 2.45) is 0 Å². The van der Waals surface area contributed by atoms with E-state index in [0.29, 0.717) is 6.08 Å². The van der Waals surface area contributed by atoms with E-state index in [0.717, 1.165) is 18.2 Å². The number of nitriles is 1. The number of rotatable bonds is 2. The molecule has 0 spiro atoms. The number of carbonyl (C=O) groups is 1. The number of benzene rings is 1. The predicted octanol–water partition coefficient (Wildman–Crippen LogP) is 1.93. The number of hydrogen-bond acceptors (Lipinski definition) is 2. The van der Waals surface area contributed by atoms with E-state index in [-0.39, 0.29) is 5.56 Å². The minimum atomic E-state index is -1.30. The summed E-state index contributed by atoms with van der Waals surface area (Å²) >= 11 is 0. The van der Waals surface area contributed by atoms with Gasteiger partial charge in [-0.05, 0) is 18.2 Å².